The smallest absolute Gasteiger partial charge is 0.157 e. The minimum absolute atomic E-state index is 0.275. The molecule has 0 rings (SSSR count). The third-order valence-corrected chi connectivity index (χ3v) is 4.39. The number of hydrogen-bond acceptors (Lipinski definition) is 4. The molecule has 114 valence electrons. The van der Waals surface area contributed by atoms with Crippen molar-refractivity contribution in [1.29, 1.82) is 0 Å². The second-order valence-corrected chi connectivity index (χ2v) is 5.91. The Kier molecular flexibility index (Phi) is 12.3. The highest BCUT2D eigenvalue weighted by atomic mass is 35.5. The van der Waals surface area contributed by atoms with Crippen LogP contribution in [0.1, 0.15) is 34.6 Å². The van der Waals surface area contributed by atoms with Crippen molar-refractivity contribution in [2.75, 3.05) is 19.1 Å². The maximum atomic E-state index is 5.82. The number of rotatable bonds is 12. The molecule has 0 bridgehead atoms. The molecule has 2 radical (unpaired) electrons. The molecule has 0 saturated heterocycles. The lowest BCUT2D eigenvalue weighted by atomic mass is 10.3. The molecule has 0 aromatic heterocycles. The van der Waals surface area contributed by atoms with Gasteiger partial charge < -0.3 is 18.9 Å². The largest absolute Gasteiger partial charge is 0.353 e. The highest BCUT2D eigenvalue weighted by Crippen LogP contribution is 2.11. The Morgan fingerprint density at radius 1 is 0.947 bits per heavy atom. The average molecular weight is 311 g/mol. The molecule has 19 heavy (non-hydrogen) atoms. The van der Waals surface area contributed by atoms with Crippen LogP contribution in [0.2, 0.25) is 6.04 Å². The van der Waals surface area contributed by atoms with Crippen molar-refractivity contribution < 1.29 is 18.9 Å². The molecule has 0 N–H and O–H groups in total. The van der Waals surface area contributed by atoms with E-state index in [4.69, 9.17) is 30.5 Å². The summed E-state index contributed by atoms with van der Waals surface area (Å²) in [6.07, 6.45) is -0.551. The van der Waals surface area contributed by atoms with Crippen LogP contribution >= 0.6 is 11.6 Å². The lowest BCUT2D eigenvalue weighted by molar-refractivity contribution is -0.255. The summed E-state index contributed by atoms with van der Waals surface area (Å²) >= 11 is 5.82. The lowest BCUT2D eigenvalue weighted by Gasteiger charge is -2.25. The van der Waals surface area contributed by atoms with Gasteiger partial charge in [0.15, 0.2) is 12.6 Å². The Balaban J connectivity index is 4.20. The lowest BCUT2D eigenvalue weighted by Crippen LogP contribution is -2.34. The van der Waals surface area contributed by atoms with E-state index >= 15 is 0 Å². The van der Waals surface area contributed by atoms with Gasteiger partial charge in [-0.25, -0.2) is 0 Å². The van der Waals surface area contributed by atoms with Gasteiger partial charge in [0.2, 0.25) is 0 Å². The van der Waals surface area contributed by atoms with Gasteiger partial charge >= 0.3 is 0 Å². The van der Waals surface area contributed by atoms with Crippen LogP contribution in [-0.4, -0.2) is 47.1 Å². The van der Waals surface area contributed by atoms with Crippen molar-refractivity contribution in [3.63, 3.8) is 0 Å². The minimum atomic E-state index is -0.297. The van der Waals surface area contributed by atoms with Crippen LogP contribution in [0, 0.1) is 5.92 Å². The second kappa shape index (κ2) is 12.1. The van der Waals surface area contributed by atoms with E-state index in [0.717, 1.165) is 6.04 Å². The van der Waals surface area contributed by atoms with Crippen LogP contribution in [0.15, 0.2) is 0 Å². The predicted octanol–water partition coefficient (Wildman–Crippen LogP) is 3.07. The maximum absolute atomic E-state index is 5.82. The van der Waals surface area contributed by atoms with E-state index in [-0.39, 0.29) is 18.5 Å². The van der Waals surface area contributed by atoms with Gasteiger partial charge in [-0.05, 0) is 33.6 Å². The zero-order valence-corrected chi connectivity index (χ0v) is 14.4. The summed E-state index contributed by atoms with van der Waals surface area (Å²) in [7, 11) is 0.516. The molecule has 0 aliphatic heterocycles. The monoisotopic (exact) mass is 310 g/mol. The first-order valence-electron chi connectivity index (χ1n) is 6.86. The van der Waals surface area contributed by atoms with Crippen LogP contribution < -0.4 is 0 Å². The number of hydrogen-bond donors (Lipinski definition) is 0. The predicted molar refractivity (Wildman–Crippen MR) is 78.6 cm³/mol. The molecule has 4 nitrogen and oxygen atoms in total. The average Bonchev–Trinajstić information content (AvgIpc) is 2.36. The van der Waals surface area contributed by atoms with Gasteiger partial charge in [-0.2, -0.15) is 0 Å². The fraction of sp³-hybridized carbons (Fsp3) is 1.00. The van der Waals surface area contributed by atoms with E-state index in [1.807, 2.05) is 27.7 Å². The maximum Gasteiger partial charge on any atom is 0.157 e. The van der Waals surface area contributed by atoms with E-state index in [1.54, 1.807) is 0 Å². The summed E-state index contributed by atoms with van der Waals surface area (Å²) in [5.41, 5.74) is 0. The van der Waals surface area contributed by atoms with Crippen LogP contribution in [0.4, 0.5) is 0 Å². The van der Waals surface area contributed by atoms with Crippen molar-refractivity contribution in [1.82, 2.24) is 0 Å². The first-order chi connectivity index (χ1) is 9.03. The molecule has 0 aliphatic rings. The third kappa shape index (κ3) is 10.8. The van der Waals surface area contributed by atoms with Crippen LogP contribution in [0.3, 0.4) is 0 Å². The topological polar surface area (TPSA) is 36.9 Å². The molecule has 0 aliphatic carbocycles. The SMILES string of the molecule is CCOC(C)OC(OC(C)OCC)[Si]CC(C)CCl. The molecule has 0 aromatic rings. The van der Waals surface area contributed by atoms with Gasteiger partial charge in [0.1, 0.15) is 15.4 Å². The van der Waals surface area contributed by atoms with Crippen molar-refractivity contribution in [3.05, 3.63) is 0 Å². The van der Waals surface area contributed by atoms with Crippen LogP contribution in [-0.2, 0) is 18.9 Å². The van der Waals surface area contributed by atoms with Crippen LogP contribution in [0.5, 0.6) is 0 Å². The van der Waals surface area contributed by atoms with E-state index in [9.17, 15) is 0 Å². The van der Waals surface area contributed by atoms with Gasteiger partial charge in [-0.15, -0.1) is 11.6 Å². The summed E-state index contributed by atoms with van der Waals surface area (Å²) in [4.78, 5) is 0. The highest BCUT2D eigenvalue weighted by molar-refractivity contribution is 6.36. The second-order valence-electron chi connectivity index (χ2n) is 4.32. The Bertz CT molecular complexity index is 195. The number of alkyl halides is 1. The highest BCUT2D eigenvalue weighted by Gasteiger charge is 2.19. The molecule has 3 atom stereocenters. The molecular formula is C13H27ClO4Si. The van der Waals surface area contributed by atoms with Gasteiger partial charge in [-0.3, -0.25) is 0 Å². The molecule has 0 saturated carbocycles. The Hall–Kier alpha value is 0.347. The number of ether oxygens (including phenoxy) is 4. The van der Waals surface area contributed by atoms with E-state index < -0.39 is 0 Å². The van der Waals surface area contributed by atoms with Crippen LogP contribution in [0.25, 0.3) is 0 Å². The van der Waals surface area contributed by atoms with Gasteiger partial charge in [0, 0.05) is 19.1 Å². The zero-order chi connectivity index (χ0) is 14.7. The number of halogens is 1. The molecule has 6 heteroatoms. The van der Waals surface area contributed by atoms with Gasteiger partial charge in [0.25, 0.3) is 0 Å². The molecule has 0 heterocycles. The van der Waals surface area contributed by atoms with Gasteiger partial charge in [0.05, 0.1) is 0 Å². The molecular weight excluding hydrogens is 284 g/mol. The Labute approximate surface area is 124 Å². The summed E-state index contributed by atoms with van der Waals surface area (Å²) in [6, 6.07) is 0.978. The quantitative estimate of drug-likeness (QED) is 0.315. The van der Waals surface area contributed by atoms with Crippen molar-refractivity contribution in [3.8, 4) is 0 Å². The first kappa shape index (κ1) is 19.3. The summed E-state index contributed by atoms with van der Waals surface area (Å²) in [5.74, 6) is 0.815. The van der Waals surface area contributed by atoms with E-state index in [0.29, 0.717) is 34.5 Å². The summed E-state index contributed by atoms with van der Waals surface area (Å²) in [5, 5.41) is 0. The first-order valence-corrected chi connectivity index (χ1v) is 8.68. The van der Waals surface area contributed by atoms with E-state index in [1.165, 1.54) is 0 Å². The molecule has 0 fully saturated rings. The molecule has 3 unspecified atom stereocenters. The van der Waals surface area contributed by atoms with Crippen molar-refractivity contribution >= 4 is 21.1 Å². The minimum Gasteiger partial charge on any atom is -0.353 e. The van der Waals surface area contributed by atoms with Crippen molar-refractivity contribution in [2.24, 2.45) is 5.92 Å². The Morgan fingerprint density at radius 2 is 1.42 bits per heavy atom. The zero-order valence-electron chi connectivity index (χ0n) is 12.6. The Morgan fingerprint density at radius 3 is 1.79 bits per heavy atom. The van der Waals surface area contributed by atoms with E-state index in [2.05, 4.69) is 6.92 Å². The summed E-state index contributed by atoms with van der Waals surface area (Å²) in [6.45, 7) is 11.0. The van der Waals surface area contributed by atoms with Crippen molar-refractivity contribution in [2.45, 2.75) is 59.2 Å². The third-order valence-electron chi connectivity index (χ3n) is 2.33. The fourth-order valence-corrected chi connectivity index (χ4v) is 2.98. The van der Waals surface area contributed by atoms with Gasteiger partial charge in [-0.1, -0.05) is 13.0 Å². The molecule has 0 aromatic carbocycles. The molecule has 0 amide bonds. The molecule has 0 spiro atoms. The summed E-state index contributed by atoms with van der Waals surface area (Å²) < 4.78 is 22.3. The normalized spacial score (nSPS) is 18.0. The fourth-order valence-electron chi connectivity index (χ4n) is 1.38. The standard InChI is InChI=1S/C13H27ClO4Si/c1-6-15-11(4)17-13(18-12(5)16-7-2)19-9-10(3)8-14/h10-13H,6-9H2,1-5H3.